The van der Waals surface area contributed by atoms with Gasteiger partial charge in [-0.25, -0.2) is 0 Å². The maximum Gasteiger partial charge on any atom is 0.238 e. The number of Topliss-reactive ketones (excluding diaryl/α,β-unsaturated/α-hetero) is 1. The number of hydrogen-bond acceptors (Lipinski definition) is 4. The minimum atomic E-state index is -0.443. The number of H-pyrrole nitrogens is 1. The molecule has 0 radical (unpaired) electrons. The molecule has 7 nitrogen and oxygen atoms in total. The Kier molecular flexibility index (Phi) is 6.64. The number of aromatic nitrogens is 1. The highest BCUT2D eigenvalue weighted by Crippen LogP contribution is 2.21. The molecule has 2 amide bonds. The number of aromatic amines is 1. The quantitative estimate of drug-likeness (QED) is 0.498. The van der Waals surface area contributed by atoms with Crippen LogP contribution in [-0.2, 0) is 9.59 Å². The normalized spacial score (nSPS) is 12.0. The number of fused-ring (bicyclic) bond motifs is 1. The molecular weight excluding hydrogens is 380 g/mol. The lowest BCUT2D eigenvalue weighted by Gasteiger charge is -2.26. The number of rotatable bonds is 8. The lowest BCUT2D eigenvalue weighted by Crippen LogP contribution is -2.43. The highest BCUT2D eigenvalue weighted by atomic mass is 16.2. The van der Waals surface area contributed by atoms with Crippen molar-refractivity contribution in [2.75, 3.05) is 23.7 Å². The molecule has 2 aromatic carbocycles. The number of likely N-dealkylation sites (N-methyl/N-ethyl adjacent to an activating group) is 1. The summed E-state index contributed by atoms with van der Waals surface area (Å²) in [6.07, 6.45) is 1.73. The van der Waals surface area contributed by atoms with Crippen LogP contribution in [0.4, 0.5) is 11.4 Å². The smallest absolute Gasteiger partial charge is 0.238 e. The van der Waals surface area contributed by atoms with Crippen LogP contribution in [0.15, 0.2) is 54.7 Å². The minimum Gasteiger partial charge on any atom is -0.360 e. The van der Waals surface area contributed by atoms with Crippen molar-refractivity contribution in [2.45, 2.75) is 26.8 Å². The first-order valence-corrected chi connectivity index (χ1v) is 9.91. The molecule has 3 aromatic rings. The first-order chi connectivity index (χ1) is 14.4. The third kappa shape index (κ3) is 4.93. The Morgan fingerprint density at radius 2 is 1.63 bits per heavy atom. The van der Waals surface area contributed by atoms with Crippen molar-refractivity contribution in [1.29, 1.82) is 0 Å². The molecule has 1 heterocycles. The molecule has 156 valence electrons. The molecule has 1 atom stereocenters. The van der Waals surface area contributed by atoms with Gasteiger partial charge in [0.15, 0.2) is 5.78 Å². The van der Waals surface area contributed by atoms with Gasteiger partial charge in [0.25, 0.3) is 0 Å². The lowest BCUT2D eigenvalue weighted by atomic mass is 10.0. The molecule has 0 aliphatic heterocycles. The second-order valence-electron chi connectivity index (χ2n) is 7.16. The average Bonchev–Trinajstić information content (AvgIpc) is 3.16. The van der Waals surface area contributed by atoms with E-state index >= 15 is 0 Å². The first kappa shape index (κ1) is 21.3. The summed E-state index contributed by atoms with van der Waals surface area (Å²) in [5.74, 6) is -0.385. The van der Waals surface area contributed by atoms with E-state index in [0.717, 1.165) is 10.9 Å². The van der Waals surface area contributed by atoms with Gasteiger partial charge >= 0.3 is 0 Å². The van der Waals surface area contributed by atoms with Gasteiger partial charge in [0.1, 0.15) is 0 Å². The van der Waals surface area contributed by atoms with Gasteiger partial charge in [-0.3, -0.25) is 19.3 Å². The molecule has 30 heavy (non-hydrogen) atoms. The largest absolute Gasteiger partial charge is 0.360 e. The molecule has 0 bridgehead atoms. The Labute approximate surface area is 175 Å². The third-order valence-electron chi connectivity index (χ3n) is 5.02. The predicted molar refractivity (Wildman–Crippen MR) is 119 cm³/mol. The highest BCUT2D eigenvalue weighted by Gasteiger charge is 2.25. The number of hydrogen-bond donors (Lipinski definition) is 3. The van der Waals surface area contributed by atoms with Gasteiger partial charge in [-0.15, -0.1) is 0 Å². The van der Waals surface area contributed by atoms with Crippen molar-refractivity contribution >= 4 is 39.9 Å². The van der Waals surface area contributed by atoms with Crippen molar-refractivity contribution < 1.29 is 14.4 Å². The van der Waals surface area contributed by atoms with E-state index in [1.54, 1.807) is 30.5 Å². The fourth-order valence-electron chi connectivity index (χ4n) is 3.41. The van der Waals surface area contributed by atoms with Gasteiger partial charge in [0.05, 0.1) is 12.6 Å². The Morgan fingerprint density at radius 1 is 1.00 bits per heavy atom. The van der Waals surface area contributed by atoms with Gasteiger partial charge in [-0.05, 0) is 43.8 Å². The van der Waals surface area contributed by atoms with E-state index in [1.807, 2.05) is 43.0 Å². The van der Waals surface area contributed by atoms with Crippen LogP contribution in [0.3, 0.4) is 0 Å². The van der Waals surface area contributed by atoms with Crippen molar-refractivity contribution in [3.05, 3.63) is 60.3 Å². The second kappa shape index (κ2) is 9.37. The van der Waals surface area contributed by atoms with Crippen LogP contribution in [0.5, 0.6) is 0 Å². The van der Waals surface area contributed by atoms with E-state index in [1.165, 1.54) is 6.92 Å². The molecule has 0 fully saturated rings. The first-order valence-electron chi connectivity index (χ1n) is 9.91. The number of carbonyl (C=O) groups is 3. The van der Waals surface area contributed by atoms with E-state index in [4.69, 9.17) is 0 Å². The van der Waals surface area contributed by atoms with E-state index < -0.39 is 6.04 Å². The molecule has 7 heteroatoms. The van der Waals surface area contributed by atoms with Crippen LogP contribution in [-0.4, -0.2) is 46.6 Å². The zero-order valence-electron chi connectivity index (χ0n) is 17.4. The Balaban J connectivity index is 1.64. The van der Waals surface area contributed by atoms with Crippen LogP contribution >= 0.6 is 0 Å². The van der Waals surface area contributed by atoms with Crippen molar-refractivity contribution in [3.8, 4) is 0 Å². The number of anilines is 2. The zero-order chi connectivity index (χ0) is 21.7. The SMILES string of the molecule is CCN(CC(=O)Nc1ccc(NC(C)=O)cc1)[C@H](C)C(=O)c1c[nH]c2ccccc12. The summed E-state index contributed by atoms with van der Waals surface area (Å²) in [4.78, 5) is 41.6. The van der Waals surface area contributed by atoms with Gasteiger partial charge < -0.3 is 15.6 Å². The zero-order valence-corrected chi connectivity index (χ0v) is 17.4. The van der Waals surface area contributed by atoms with Gasteiger partial charge in [0.2, 0.25) is 11.8 Å². The Hall–Kier alpha value is -3.45. The fourth-order valence-corrected chi connectivity index (χ4v) is 3.41. The van der Waals surface area contributed by atoms with Gasteiger partial charge in [0, 0.05) is 41.0 Å². The molecule has 3 rings (SSSR count). The molecule has 0 unspecified atom stereocenters. The molecule has 0 saturated heterocycles. The average molecular weight is 406 g/mol. The maximum atomic E-state index is 13.1. The topological polar surface area (TPSA) is 94.3 Å². The third-order valence-corrected chi connectivity index (χ3v) is 5.02. The summed E-state index contributed by atoms with van der Waals surface area (Å²) >= 11 is 0. The summed E-state index contributed by atoms with van der Waals surface area (Å²) < 4.78 is 0. The van der Waals surface area contributed by atoms with Crippen LogP contribution in [0, 0.1) is 0 Å². The summed E-state index contributed by atoms with van der Waals surface area (Å²) in [5.41, 5.74) is 2.83. The Morgan fingerprint density at radius 3 is 2.27 bits per heavy atom. The maximum absolute atomic E-state index is 13.1. The number of carbonyl (C=O) groups excluding carboxylic acids is 3. The molecular formula is C23H26N4O3. The number of benzene rings is 2. The summed E-state index contributed by atoms with van der Waals surface area (Å²) in [5, 5.41) is 6.40. The molecule has 0 aliphatic rings. The summed E-state index contributed by atoms with van der Waals surface area (Å²) in [7, 11) is 0. The molecule has 1 aromatic heterocycles. The van der Waals surface area contributed by atoms with Crippen LogP contribution < -0.4 is 10.6 Å². The van der Waals surface area contributed by atoms with E-state index in [9.17, 15) is 14.4 Å². The van der Waals surface area contributed by atoms with Gasteiger partial charge in [-0.1, -0.05) is 25.1 Å². The highest BCUT2D eigenvalue weighted by molar-refractivity contribution is 6.10. The van der Waals surface area contributed by atoms with Gasteiger partial charge in [-0.2, -0.15) is 0 Å². The monoisotopic (exact) mass is 406 g/mol. The molecule has 0 saturated carbocycles. The number of nitrogens with zero attached hydrogens (tertiary/aromatic N) is 1. The van der Waals surface area contributed by atoms with Crippen LogP contribution in [0.2, 0.25) is 0 Å². The van der Waals surface area contributed by atoms with Crippen LogP contribution in [0.1, 0.15) is 31.1 Å². The second-order valence-corrected chi connectivity index (χ2v) is 7.16. The fraction of sp³-hybridized carbons (Fsp3) is 0.261. The van der Waals surface area contributed by atoms with Crippen molar-refractivity contribution in [1.82, 2.24) is 9.88 Å². The van der Waals surface area contributed by atoms with Crippen molar-refractivity contribution in [2.24, 2.45) is 0 Å². The molecule has 0 spiro atoms. The summed E-state index contributed by atoms with van der Waals surface area (Å²) in [6, 6.07) is 14.1. The number of amides is 2. The molecule has 0 aliphatic carbocycles. The number of ketones is 1. The van der Waals surface area contributed by atoms with E-state index in [2.05, 4.69) is 15.6 Å². The number of para-hydroxylation sites is 1. The minimum absolute atomic E-state index is 0.0261. The Bertz CT molecular complexity index is 1060. The lowest BCUT2D eigenvalue weighted by molar-refractivity contribution is -0.117. The van der Waals surface area contributed by atoms with E-state index in [0.29, 0.717) is 23.5 Å². The van der Waals surface area contributed by atoms with Crippen molar-refractivity contribution in [3.63, 3.8) is 0 Å². The summed E-state index contributed by atoms with van der Waals surface area (Å²) in [6.45, 7) is 5.84. The van der Waals surface area contributed by atoms with Crippen LogP contribution in [0.25, 0.3) is 10.9 Å². The standard InChI is InChI=1S/C23H26N4O3/c1-4-27(14-22(29)26-18-11-9-17(10-12-18)25-16(3)28)15(2)23(30)20-13-24-21-8-6-5-7-19(20)21/h5-13,15,24H,4,14H2,1-3H3,(H,25,28)(H,26,29)/t15-/m1/s1. The number of nitrogens with one attached hydrogen (secondary N) is 3. The molecule has 3 N–H and O–H groups in total. The predicted octanol–water partition coefficient (Wildman–Crippen LogP) is 3.66. The van der Waals surface area contributed by atoms with E-state index in [-0.39, 0.29) is 24.1 Å².